The first-order valence-electron chi connectivity index (χ1n) is 5.94. The fourth-order valence-electron chi connectivity index (χ4n) is 1.77. The molecule has 0 aliphatic carbocycles. The van der Waals surface area contributed by atoms with Crippen molar-refractivity contribution in [3.63, 3.8) is 0 Å². The van der Waals surface area contributed by atoms with Crippen LogP contribution in [0.25, 0.3) is 0 Å². The van der Waals surface area contributed by atoms with Crippen molar-refractivity contribution in [1.29, 1.82) is 0 Å². The summed E-state index contributed by atoms with van der Waals surface area (Å²) in [7, 11) is 0. The standard InChI is InChI=1S/C14H18N2S/c1-10(2)12-6-3-11(4-7-12)5-8-13-9-16-14(15)17-13/h3-4,6-7,9-10H,5,8H2,1-2H3,(H2,15,16). The zero-order chi connectivity index (χ0) is 12.3. The summed E-state index contributed by atoms with van der Waals surface area (Å²) >= 11 is 1.58. The summed E-state index contributed by atoms with van der Waals surface area (Å²) in [5.41, 5.74) is 8.38. The van der Waals surface area contributed by atoms with E-state index >= 15 is 0 Å². The van der Waals surface area contributed by atoms with Gasteiger partial charge in [0.2, 0.25) is 0 Å². The fraction of sp³-hybridized carbons (Fsp3) is 0.357. The van der Waals surface area contributed by atoms with Crippen LogP contribution in [-0.2, 0) is 12.8 Å². The number of anilines is 1. The van der Waals surface area contributed by atoms with Gasteiger partial charge in [-0.25, -0.2) is 4.98 Å². The van der Waals surface area contributed by atoms with Crippen LogP contribution in [-0.4, -0.2) is 4.98 Å². The largest absolute Gasteiger partial charge is 0.375 e. The van der Waals surface area contributed by atoms with E-state index in [0.29, 0.717) is 11.0 Å². The molecular weight excluding hydrogens is 228 g/mol. The number of nitrogens with two attached hydrogens (primary N) is 1. The Bertz CT molecular complexity index is 471. The Hall–Kier alpha value is -1.35. The third-order valence-electron chi connectivity index (χ3n) is 2.88. The van der Waals surface area contributed by atoms with Gasteiger partial charge in [-0.05, 0) is 29.9 Å². The summed E-state index contributed by atoms with van der Waals surface area (Å²) in [6.45, 7) is 4.43. The number of nitrogen functional groups attached to an aromatic ring is 1. The molecule has 2 nitrogen and oxygen atoms in total. The molecular formula is C14H18N2S. The first-order chi connectivity index (χ1) is 8.15. The minimum absolute atomic E-state index is 0.602. The van der Waals surface area contributed by atoms with E-state index < -0.39 is 0 Å². The number of aromatic nitrogens is 1. The third-order valence-corrected chi connectivity index (χ3v) is 3.76. The van der Waals surface area contributed by atoms with E-state index in [4.69, 9.17) is 5.73 Å². The van der Waals surface area contributed by atoms with Crippen molar-refractivity contribution in [2.45, 2.75) is 32.6 Å². The highest BCUT2D eigenvalue weighted by molar-refractivity contribution is 7.15. The lowest BCUT2D eigenvalue weighted by molar-refractivity contribution is 0.863. The van der Waals surface area contributed by atoms with E-state index in [0.717, 1.165) is 12.8 Å². The van der Waals surface area contributed by atoms with Crippen LogP contribution in [0.3, 0.4) is 0 Å². The number of nitrogens with zero attached hydrogens (tertiary/aromatic N) is 1. The molecule has 2 rings (SSSR count). The summed E-state index contributed by atoms with van der Waals surface area (Å²) in [4.78, 5) is 5.32. The Morgan fingerprint density at radius 2 is 1.88 bits per heavy atom. The minimum atomic E-state index is 0.602. The van der Waals surface area contributed by atoms with Crippen molar-refractivity contribution < 1.29 is 0 Å². The maximum Gasteiger partial charge on any atom is 0.180 e. The molecule has 0 fully saturated rings. The predicted octanol–water partition coefficient (Wildman–Crippen LogP) is 3.63. The van der Waals surface area contributed by atoms with Crippen LogP contribution >= 0.6 is 11.3 Å². The molecule has 2 N–H and O–H groups in total. The molecule has 1 aromatic carbocycles. The number of rotatable bonds is 4. The molecule has 0 saturated carbocycles. The Morgan fingerprint density at radius 1 is 1.18 bits per heavy atom. The van der Waals surface area contributed by atoms with Crippen molar-refractivity contribution in [2.24, 2.45) is 0 Å². The van der Waals surface area contributed by atoms with Crippen LogP contribution < -0.4 is 5.73 Å². The summed E-state index contributed by atoms with van der Waals surface area (Å²) in [6.07, 6.45) is 3.96. The second kappa shape index (κ2) is 5.32. The summed E-state index contributed by atoms with van der Waals surface area (Å²) < 4.78 is 0. The van der Waals surface area contributed by atoms with Gasteiger partial charge in [-0.1, -0.05) is 38.1 Å². The maximum atomic E-state index is 5.61. The summed E-state index contributed by atoms with van der Waals surface area (Å²) in [6, 6.07) is 8.89. The molecule has 0 aliphatic heterocycles. The highest BCUT2D eigenvalue weighted by Gasteiger charge is 2.01. The Labute approximate surface area is 107 Å². The molecule has 0 bridgehead atoms. The number of benzene rings is 1. The smallest absolute Gasteiger partial charge is 0.180 e. The number of thiazole rings is 1. The molecule has 17 heavy (non-hydrogen) atoms. The van der Waals surface area contributed by atoms with Gasteiger partial charge in [-0.15, -0.1) is 11.3 Å². The van der Waals surface area contributed by atoms with Crippen LogP contribution in [0.5, 0.6) is 0 Å². The number of aryl methyl sites for hydroxylation is 2. The highest BCUT2D eigenvalue weighted by Crippen LogP contribution is 2.18. The average Bonchev–Trinajstić information content (AvgIpc) is 2.73. The van der Waals surface area contributed by atoms with Gasteiger partial charge in [-0.3, -0.25) is 0 Å². The van der Waals surface area contributed by atoms with E-state index in [1.54, 1.807) is 11.3 Å². The summed E-state index contributed by atoms with van der Waals surface area (Å²) in [5, 5.41) is 0.662. The topological polar surface area (TPSA) is 38.9 Å². The van der Waals surface area contributed by atoms with Gasteiger partial charge in [0.05, 0.1) is 0 Å². The Balaban J connectivity index is 1.95. The molecule has 0 aliphatic rings. The SMILES string of the molecule is CC(C)c1ccc(CCc2cnc(N)s2)cc1. The molecule has 0 amide bonds. The van der Waals surface area contributed by atoms with Crippen LogP contribution in [0.1, 0.15) is 35.8 Å². The van der Waals surface area contributed by atoms with Gasteiger partial charge >= 0.3 is 0 Å². The van der Waals surface area contributed by atoms with Crippen molar-refractivity contribution in [1.82, 2.24) is 4.98 Å². The normalized spacial score (nSPS) is 11.0. The first kappa shape index (κ1) is 12.1. The van der Waals surface area contributed by atoms with Gasteiger partial charge in [-0.2, -0.15) is 0 Å². The molecule has 3 heteroatoms. The van der Waals surface area contributed by atoms with Crippen LogP contribution in [0.4, 0.5) is 5.13 Å². The quantitative estimate of drug-likeness (QED) is 0.894. The number of hydrogen-bond acceptors (Lipinski definition) is 3. The van der Waals surface area contributed by atoms with E-state index in [9.17, 15) is 0 Å². The van der Waals surface area contributed by atoms with Gasteiger partial charge in [0, 0.05) is 11.1 Å². The van der Waals surface area contributed by atoms with Crippen molar-refractivity contribution in [3.05, 3.63) is 46.5 Å². The monoisotopic (exact) mass is 246 g/mol. The van der Waals surface area contributed by atoms with E-state index in [1.807, 2.05) is 6.20 Å². The van der Waals surface area contributed by atoms with Crippen molar-refractivity contribution in [3.8, 4) is 0 Å². The fourth-order valence-corrected chi connectivity index (χ4v) is 2.46. The molecule has 0 unspecified atom stereocenters. The van der Waals surface area contributed by atoms with E-state index in [-0.39, 0.29) is 0 Å². The number of hydrogen-bond donors (Lipinski definition) is 1. The lowest BCUT2D eigenvalue weighted by atomic mass is 10.0. The first-order valence-corrected chi connectivity index (χ1v) is 6.76. The van der Waals surface area contributed by atoms with Gasteiger partial charge < -0.3 is 5.73 Å². The molecule has 0 atom stereocenters. The van der Waals surface area contributed by atoms with Crippen molar-refractivity contribution in [2.75, 3.05) is 5.73 Å². The van der Waals surface area contributed by atoms with Crippen LogP contribution in [0.2, 0.25) is 0 Å². The Kier molecular flexibility index (Phi) is 3.79. The minimum Gasteiger partial charge on any atom is -0.375 e. The van der Waals surface area contributed by atoms with Crippen molar-refractivity contribution >= 4 is 16.5 Å². The Morgan fingerprint density at radius 3 is 2.41 bits per heavy atom. The van der Waals surface area contributed by atoms with Gasteiger partial charge in [0.15, 0.2) is 5.13 Å². The molecule has 90 valence electrons. The maximum absolute atomic E-state index is 5.61. The molecule has 2 aromatic rings. The second-order valence-electron chi connectivity index (χ2n) is 4.56. The van der Waals surface area contributed by atoms with Crippen LogP contribution in [0.15, 0.2) is 30.5 Å². The lowest BCUT2D eigenvalue weighted by Crippen LogP contribution is -1.91. The lowest BCUT2D eigenvalue weighted by Gasteiger charge is -2.06. The van der Waals surface area contributed by atoms with E-state index in [1.165, 1.54) is 16.0 Å². The highest BCUT2D eigenvalue weighted by atomic mass is 32.1. The zero-order valence-electron chi connectivity index (χ0n) is 10.3. The van der Waals surface area contributed by atoms with E-state index in [2.05, 4.69) is 43.1 Å². The second-order valence-corrected chi connectivity index (χ2v) is 5.71. The molecule has 0 radical (unpaired) electrons. The molecule has 1 heterocycles. The molecule has 0 spiro atoms. The third kappa shape index (κ3) is 3.30. The van der Waals surface area contributed by atoms with Gasteiger partial charge in [0.1, 0.15) is 0 Å². The summed E-state index contributed by atoms with van der Waals surface area (Å²) in [5.74, 6) is 0.602. The van der Waals surface area contributed by atoms with Crippen LogP contribution in [0, 0.1) is 0 Å². The predicted molar refractivity (Wildman–Crippen MR) is 74.5 cm³/mol. The van der Waals surface area contributed by atoms with Gasteiger partial charge in [0.25, 0.3) is 0 Å². The molecule has 0 saturated heterocycles. The average molecular weight is 246 g/mol. The zero-order valence-corrected chi connectivity index (χ0v) is 11.1. The molecule has 1 aromatic heterocycles.